The number of nitrogens with one attached hydrogen (secondary N) is 1. The fraction of sp³-hybridized carbons (Fsp3) is 0.0645. The zero-order chi connectivity index (χ0) is 25.4. The Morgan fingerprint density at radius 2 is 1.27 bits per heavy atom. The van der Waals surface area contributed by atoms with E-state index in [1.807, 2.05) is 54.0 Å². The van der Waals surface area contributed by atoms with Crippen molar-refractivity contribution in [2.45, 2.75) is 13.5 Å². The second-order valence-corrected chi connectivity index (χ2v) is 12.3. The zero-order valence-corrected chi connectivity index (χ0v) is 21.3. The maximum atomic E-state index is 13.8. The molecule has 0 aliphatic rings. The number of aromatic nitrogens is 3. The van der Waals surface area contributed by atoms with Gasteiger partial charge in [-0.2, -0.15) is 0 Å². The number of nitrogens with zero attached hydrogens (tertiary/aromatic N) is 3. The summed E-state index contributed by atoms with van der Waals surface area (Å²) < 4.78 is 3.46. The Hall–Kier alpha value is -4.34. The fourth-order valence-electron chi connectivity index (χ4n) is 5.26. The summed E-state index contributed by atoms with van der Waals surface area (Å²) >= 11 is 0. The number of benzene rings is 3. The summed E-state index contributed by atoms with van der Waals surface area (Å²) in [5.74, 6) is 0. The topological polar surface area (TPSA) is 63.2 Å². The highest BCUT2D eigenvalue weighted by Gasteiger charge is 2.49. The highest BCUT2D eigenvalue weighted by atomic mass is 31.2. The van der Waals surface area contributed by atoms with Crippen LogP contribution in [0.5, 0.6) is 0 Å². The summed E-state index contributed by atoms with van der Waals surface area (Å²) in [7, 11) is -2.55. The van der Waals surface area contributed by atoms with Gasteiger partial charge < -0.3 is 4.57 Å². The van der Waals surface area contributed by atoms with Crippen LogP contribution in [0, 0.1) is 5.41 Å². The van der Waals surface area contributed by atoms with Gasteiger partial charge in [-0.1, -0.05) is 60.7 Å². The molecule has 0 saturated heterocycles. The summed E-state index contributed by atoms with van der Waals surface area (Å²) in [6.07, 6.45) is 1.75. The Balaban J connectivity index is 1.86. The standard InChI is InChI=1S/C31H26N4OP/c1-2-34-29(32)27(22-26-30(34)33-28-20-12-13-21-35(28)31(26)36)37(23-14-6-3-7-15-23,24-16-8-4-9-17-24)25-18-10-5-11-19-25/h3-22,32H,2H2,1H3/q+1. The molecule has 3 aromatic heterocycles. The van der Waals surface area contributed by atoms with Gasteiger partial charge >= 0.3 is 0 Å². The second kappa shape index (κ2) is 9.27. The minimum absolute atomic E-state index is 0.128. The van der Waals surface area contributed by atoms with E-state index in [0.717, 1.165) is 21.2 Å². The van der Waals surface area contributed by atoms with E-state index in [4.69, 9.17) is 4.98 Å². The van der Waals surface area contributed by atoms with Crippen molar-refractivity contribution in [1.29, 1.82) is 5.41 Å². The maximum absolute atomic E-state index is 13.8. The third kappa shape index (κ3) is 3.54. The molecule has 6 rings (SSSR count). The van der Waals surface area contributed by atoms with E-state index in [9.17, 15) is 10.2 Å². The molecule has 0 bridgehead atoms. The molecule has 0 radical (unpaired) electrons. The lowest BCUT2D eigenvalue weighted by atomic mass is 10.3. The summed E-state index contributed by atoms with van der Waals surface area (Å²) in [6, 6.07) is 38.8. The molecule has 0 atom stereocenters. The molecule has 0 unspecified atom stereocenters. The van der Waals surface area contributed by atoms with Crippen LogP contribution in [0.4, 0.5) is 0 Å². The van der Waals surface area contributed by atoms with Crippen molar-refractivity contribution < 1.29 is 0 Å². The average molecular weight is 502 g/mol. The van der Waals surface area contributed by atoms with Crippen LogP contribution in [-0.2, 0) is 6.54 Å². The monoisotopic (exact) mass is 501 g/mol. The highest BCUT2D eigenvalue weighted by molar-refractivity contribution is 8.01. The van der Waals surface area contributed by atoms with Crippen LogP contribution in [0.15, 0.2) is 126 Å². The third-order valence-corrected chi connectivity index (χ3v) is 11.2. The van der Waals surface area contributed by atoms with Crippen LogP contribution >= 0.6 is 7.26 Å². The first-order valence-corrected chi connectivity index (χ1v) is 14.1. The Morgan fingerprint density at radius 1 is 0.757 bits per heavy atom. The second-order valence-electron chi connectivity index (χ2n) is 8.88. The van der Waals surface area contributed by atoms with Crippen molar-refractivity contribution in [2.75, 3.05) is 0 Å². The van der Waals surface area contributed by atoms with Gasteiger partial charge in [0.25, 0.3) is 5.56 Å². The van der Waals surface area contributed by atoms with Crippen LogP contribution < -0.4 is 32.3 Å². The SMILES string of the molecule is CCn1c(=N)c([P+](c2ccccc2)(c2ccccc2)c2ccccc2)cc2c(=O)n3ccccc3nc21. The lowest BCUT2D eigenvalue weighted by Crippen LogP contribution is -2.47. The fourth-order valence-corrected chi connectivity index (χ4v) is 9.60. The van der Waals surface area contributed by atoms with Gasteiger partial charge in [-0.3, -0.25) is 14.6 Å². The molecular formula is C31H26N4OP+. The van der Waals surface area contributed by atoms with Crippen molar-refractivity contribution in [1.82, 2.24) is 14.0 Å². The zero-order valence-electron chi connectivity index (χ0n) is 20.5. The molecule has 6 heteroatoms. The van der Waals surface area contributed by atoms with Gasteiger partial charge in [-0.25, -0.2) is 4.98 Å². The van der Waals surface area contributed by atoms with Crippen LogP contribution in [0.3, 0.4) is 0 Å². The molecule has 0 fully saturated rings. The molecule has 0 aliphatic carbocycles. The van der Waals surface area contributed by atoms with Crippen molar-refractivity contribution in [3.63, 3.8) is 0 Å². The Labute approximate surface area is 215 Å². The molecule has 5 nitrogen and oxygen atoms in total. The molecule has 0 amide bonds. The van der Waals surface area contributed by atoms with Gasteiger partial charge in [0, 0.05) is 18.8 Å². The molecular weight excluding hydrogens is 475 g/mol. The molecule has 0 spiro atoms. The van der Waals surface area contributed by atoms with E-state index < -0.39 is 7.26 Å². The maximum Gasteiger partial charge on any atom is 0.267 e. The minimum Gasteiger partial charge on any atom is -0.308 e. The molecule has 180 valence electrons. The van der Waals surface area contributed by atoms with E-state index >= 15 is 0 Å². The molecule has 1 N–H and O–H groups in total. The first kappa shape index (κ1) is 23.1. The van der Waals surface area contributed by atoms with Crippen LogP contribution in [0.2, 0.25) is 0 Å². The third-order valence-electron chi connectivity index (χ3n) is 6.91. The summed E-state index contributed by atoms with van der Waals surface area (Å²) in [5, 5.41) is 14.3. The van der Waals surface area contributed by atoms with Gasteiger partial charge in [0.1, 0.15) is 34.5 Å². The van der Waals surface area contributed by atoms with Crippen LogP contribution in [0.1, 0.15) is 6.92 Å². The van der Waals surface area contributed by atoms with Gasteiger partial charge in [-0.15, -0.1) is 0 Å². The van der Waals surface area contributed by atoms with E-state index in [1.54, 1.807) is 10.6 Å². The number of pyridine rings is 2. The minimum atomic E-state index is -2.55. The normalized spacial score (nSPS) is 11.7. The number of hydrogen-bond acceptors (Lipinski definition) is 3. The first-order chi connectivity index (χ1) is 18.2. The van der Waals surface area contributed by atoms with E-state index in [1.165, 1.54) is 0 Å². The van der Waals surface area contributed by atoms with Crippen molar-refractivity contribution in [2.24, 2.45) is 0 Å². The summed E-state index contributed by atoms with van der Waals surface area (Å²) in [5.41, 5.74) is 1.37. The van der Waals surface area contributed by atoms with Crippen LogP contribution in [-0.4, -0.2) is 14.0 Å². The molecule has 3 aromatic carbocycles. The molecule has 0 aliphatic heterocycles. The number of aryl methyl sites for hydroxylation is 1. The van der Waals surface area contributed by atoms with Gasteiger partial charge in [0.15, 0.2) is 10.8 Å². The summed E-state index contributed by atoms with van der Waals surface area (Å²) in [6.45, 7) is 2.53. The quantitative estimate of drug-likeness (QED) is 0.289. The van der Waals surface area contributed by atoms with Crippen molar-refractivity contribution in [3.8, 4) is 0 Å². The van der Waals surface area contributed by atoms with Crippen molar-refractivity contribution in [3.05, 3.63) is 137 Å². The number of hydrogen-bond donors (Lipinski definition) is 1. The lowest BCUT2D eigenvalue weighted by Gasteiger charge is -2.28. The smallest absolute Gasteiger partial charge is 0.267 e. The molecule has 6 aromatic rings. The average Bonchev–Trinajstić information content (AvgIpc) is 2.96. The highest BCUT2D eigenvalue weighted by Crippen LogP contribution is 2.53. The molecule has 3 heterocycles. The lowest BCUT2D eigenvalue weighted by molar-refractivity contribution is 0.729. The van der Waals surface area contributed by atoms with Gasteiger partial charge in [-0.05, 0) is 55.5 Å². The van der Waals surface area contributed by atoms with E-state index in [-0.39, 0.29) is 5.56 Å². The van der Waals surface area contributed by atoms with E-state index in [0.29, 0.717) is 28.7 Å². The van der Waals surface area contributed by atoms with Crippen LogP contribution in [0.25, 0.3) is 16.7 Å². The molecule has 37 heavy (non-hydrogen) atoms. The Kier molecular flexibility index (Phi) is 5.78. The number of rotatable bonds is 5. The van der Waals surface area contributed by atoms with Crippen molar-refractivity contribution >= 4 is 45.2 Å². The van der Waals surface area contributed by atoms with E-state index in [2.05, 4.69) is 72.8 Å². The predicted molar refractivity (Wildman–Crippen MR) is 153 cm³/mol. The number of fused-ring (bicyclic) bond motifs is 2. The first-order valence-electron chi connectivity index (χ1n) is 12.3. The Bertz CT molecular complexity index is 1750. The predicted octanol–water partition coefficient (Wildman–Crippen LogP) is 3.77. The summed E-state index contributed by atoms with van der Waals surface area (Å²) in [4.78, 5) is 18.6. The largest absolute Gasteiger partial charge is 0.308 e. The van der Waals surface area contributed by atoms with Gasteiger partial charge in [0.05, 0.1) is 5.39 Å². The Morgan fingerprint density at radius 3 is 1.78 bits per heavy atom. The van der Waals surface area contributed by atoms with Gasteiger partial charge in [0.2, 0.25) is 0 Å². The molecule has 0 saturated carbocycles.